The predicted octanol–water partition coefficient (Wildman–Crippen LogP) is 2.95. The highest BCUT2D eigenvalue weighted by Gasteiger charge is 2.32. The minimum absolute atomic E-state index is 0.0963. The van der Waals surface area contributed by atoms with E-state index in [0.717, 1.165) is 29.5 Å². The Morgan fingerprint density at radius 3 is 2.43 bits per heavy atom. The van der Waals surface area contributed by atoms with Crippen molar-refractivity contribution < 1.29 is 14.4 Å². The van der Waals surface area contributed by atoms with Crippen LogP contribution in [0.4, 0.5) is 0 Å². The first kappa shape index (κ1) is 28.1. The van der Waals surface area contributed by atoms with Gasteiger partial charge in [0.15, 0.2) is 0 Å². The van der Waals surface area contributed by atoms with Crippen molar-refractivity contribution in [2.45, 2.75) is 58.2 Å². The van der Waals surface area contributed by atoms with Gasteiger partial charge in [-0.1, -0.05) is 87.0 Å². The van der Waals surface area contributed by atoms with Gasteiger partial charge in [0, 0.05) is 20.0 Å². The lowest BCUT2D eigenvalue weighted by Gasteiger charge is -2.32. The Morgan fingerprint density at radius 1 is 1.00 bits per heavy atom. The molecule has 1 aliphatic rings. The maximum atomic E-state index is 13.5. The topological polar surface area (TPSA) is 90.5 Å². The van der Waals surface area contributed by atoms with Crippen molar-refractivity contribution in [1.82, 2.24) is 20.9 Å². The van der Waals surface area contributed by atoms with Crippen molar-refractivity contribution in [3.63, 3.8) is 0 Å². The average molecular weight is 505 g/mol. The molecule has 1 aliphatic heterocycles. The van der Waals surface area contributed by atoms with E-state index >= 15 is 0 Å². The second-order valence-corrected chi connectivity index (χ2v) is 9.79. The molecule has 2 aromatic carbocycles. The highest BCUT2D eigenvalue weighted by molar-refractivity contribution is 5.93. The molecule has 0 aliphatic carbocycles. The van der Waals surface area contributed by atoms with Crippen molar-refractivity contribution in [3.8, 4) is 0 Å². The van der Waals surface area contributed by atoms with Crippen molar-refractivity contribution in [1.29, 1.82) is 0 Å². The number of hydrogen-bond donors (Lipinski definition) is 3. The zero-order valence-corrected chi connectivity index (χ0v) is 22.4. The number of carbonyl (C=O) groups is 3. The Morgan fingerprint density at radius 2 is 1.70 bits per heavy atom. The molecule has 4 atom stereocenters. The fourth-order valence-corrected chi connectivity index (χ4v) is 4.46. The molecule has 3 rings (SSSR count). The van der Waals surface area contributed by atoms with Crippen LogP contribution in [0.5, 0.6) is 0 Å². The number of fused-ring (bicyclic) bond motifs is 1. The van der Waals surface area contributed by atoms with Crippen molar-refractivity contribution in [2.24, 2.45) is 5.92 Å². The van der Waals surface area contributed by atoms with Crippen LogP contribution < -0.4 is 16.0 Å². The molecular weight excluding hydrogens is 464 g/mol. The predicted molar refractivity (Wildman–Crippen MR) is 148 cm³/mol. The lowest BCUT2D eigenvalue weighted by Crippen LogP contribution is -2.57. The summed E-state index contributed by atoms with van der Waals surface area (Å²) in [5.74, 6) is -0.653. The molecule has 0 radical (unpaired) electrons. The minimum Gasteiger partial charge on any atom is -0.351 e. The SMILES string of the molecule is CC[C@H](C)[C@@H]1NCCc2ccccc2/C=C\CNC(=O)[C@@H](Cc2ccccc2)NC(=O)[C@@H](C)N(C)C1=O. The molecule has 0 saturated carbocycles. The van der Waals surface area contributed by atoms with Crippen LogP contribution >= 0.6 is 0 Å². The fourth-order valence-electron chi connectivity index (χ4n) is 4.46. The van der Waals surface area contributed by atoms with Crippen molar-refractivity contribution >= 4 is 23.8 Å². The number of rotatable bonds is 4. The van der Waals surface area contributed by atoms with Crippen LogP contribution in [0.15, 0.2) is 60.7 Å². The van der Waals surface area contributed by atoms with E-state index in [0.29, 0.717) is 19.5 Å². The smallest absolute Gasteiger partial charge is 0.243 e. The molecule has 0 fully saturated rings. The number of hydrogen-bond acceptors (Lipinski definition) is 4. The second kappa shape index (κ2) is 13.7. The van der Waals surface area contributed by atoms with Gasteiger partial charge < -0.3 is 20.9 Å². The van der Waals surface area contributed by atoms with Crippen LogP contribution in [-0.4, -0.2) is 60.9 Å². The molecule has 1 heterocycles. The van der Waals surface area contributed by atoms with E-state index in [-0.39, 0.29) is 23.6 Å². The monoisotopic (exact) mass is 504 g/mol. The van der Waals surface area contributed by atoms with Gasteiger partial charge in [-0.05, 0) is 42.5 Å². The zero-order chi connectivity index (χ0) is 26.8. The summed E-state index contributed by atoms with van der Waals surface area (Å²) in [7, 11) is 1.66. The van der Waals surface area contributed by atoms with Crippen LogP contribution in [0.2, 0.25) is 0 Å². The van der Waals surface area contributed by atoms with Gasteiger partial charge in [0.2, 0.25) is 17.7 Å². The van der Waals surface area contributed by atoms with E-state index in [1.807, 2.05) is 67.6 Å². The molecule has 2 aromatic rings. The van der Waals surface area contributed by atoms with E-state index in [1.165, 1.54) is 4.90 Å². The Labute approximate surface area is 220 Å². The van der Waals surface area contributed by atoms with Crippen LogP contribution in [0.3, 0.4) is 0 Å². The van der Waals surface area contributed by atoms with Gasteiger partial charge in [-0.25, -0.2) is 0 Å². The maximum absolute atomic E-state index is 13.5. The largest absolute Gasteiger partial charge is 0.351 e. The first-order valence-electron chi connectivity index (χ1n) is 13.2. The number of nitrogens with one attached hydrogen (secondary N) is 3. The van der Waals surface area contributed by atoms with Crippen LogP contribution in [-0.2, 0) is 27.2 Å². The molecule has 3 amide bonds. The molecule has 0 saturated heterocycles. The van der Waals surface area contributed by atoms with Crippen molar-refractivity contribution in [2.75, 3.05) is 20.1 Å². The van der Waals surface area contributed by atoms with Gasteiger partial charge in [0.25, 0.3) is 0 Å². The third-order valence-electron chi connectivity index (χ3n) is 7.21. The molecule has 7 heteroatoms. The van der Waals surface area contributed by atoms with E-state index in [2.05, 4.69) is 28.9 Å². The lowest BCUT2D eigenvalue weighted by atomic mass is 9.96. The molecule has 198 valence electrons. The summed E-state index contributed by atoms with van der Waals surface area (Å²) >= 11 is 0. The summed E-state index contributed by atoms with van der Waals surface area (Å²) in [6.45, 7) is 6.79. The summed E-state index contributed by atoms with van der Waals surface area (Å²) in [6, 6.07) is 15.8. The lowest BCUT2D eigenvalue weighted by molar-refractivity contribution is -0.141. The Hall–Kier alpha value is -3.45. The van der Waals surface area contributed by atoms with E-state index in [4.69, 9.17) is 0 Å². The molecule has 3 N–H and O–H groups in total. The second-order valence-electron chi connectivity index (χ2n) is 9.79. The van der Waals surface area contributed by atoms with Crippen LogP contribution in [0.1, 0.15) is 43.9 Å². The van der Waals surface area contributed by atoms with Crippen molar-refractivity contribution in [3.05, 3.63) is 77.4 Å². The number of likely N-dealkylation sites (N-methyl/N-ethyl adjacent to an activating group) is 1. The summed E-state index contributed by atoms with van der Waals surface area (Å²) < 4.78 is 0. The standard InChI is InChI=1S/C30H40N4O3/c1-5-21(2)27-30(37)34(4)22(3)28(35)33-26(20-23-12-7-6-8-13-23)29(36)32-18-11-16-24-14-9-10-15-25(24)17-19-31-27/h6-16,21-22,26-27,31H,5,17-20H2,1-4H3,(H,32,36)(H,33,35)/b16-11-/t21-,22+,26+,27-/m0/s1. The van der Waals surface area contributed by atoms with E-state index in [1.54, 1.807) is 14.0 Å². The normalized spacial score (nSPS) is 23.8. The van der Waals surface area contributed by atoms with Gasteiger partial charge >= 0.3 is 0 Å². The maximum Gasteiger partial charge on any atom is 0.243 e. The molecule has 37 heavy (non-hydrogen) atoms. The first-order chi connectivity index (χ1) is 17.8. The highest BCUT2D eigenvalue weighted by Crippen LogP contribution is 2.15. The van der Waals surface area contributed by atoms with Crippen LogP contribution in [0, 0.1) is 5.92 Å². The number of benzene rings is 2. The third kappa shape index (κ3) is 7.76. The Balaban J connectivity index is 1.91. The van der Waals surface area contributed by atoms with Gasteiger partial charge in [-0.15, -0.1) is 0 Å². The van der Waals surface area contributed by atoms with E-state index in [9.17, 15) is 14.4 Å². The summed E-state index contributed by atoms with van der Waals surface area (Å²) in [4.78, 5) is 41.4. The molecule has 0 bridgehead atoms. The quantitative estimate of drug-likeness (QED) is 0.597. The van der Waals surface area contributed by atoms with Crippen LogP contribution in [0.25, 0.3) is 6.08 Å². The van der Waals surface area contributed by atoms with Gasteiger partial charge in [-0.3, -0.25) is 14.4 Å². The summed E-state index contributed by atoms with van der Waals surface area (Å²) in [5, 5.41) is 9.28. The molecule has 7 nitrogen and oxygen atoms in total. The number of nitrogens with zero attached hydrogens (tertiary/aromatic N) is 1. The average Bonchev–Trinajstić information content (AvgIpc) is 2.92. The molecule has 0 aromatic heterocycles. The van der Waals surface area contributed by atoms with Gasteiger partial charge in [0.1, 0.15) is 12.1 Å². The number of carbonyl (C=O) groups excluding carboxylic acids is 3. The molecular formula is C30H40N4O3. The minimum atomic E-state index is -0.763. The van der Waals surface area contributed by atoms with Gasteiger partial charge in [0.05, 0.1) is 6.04 Å². The summed E-state index contributed by atoms with van der Waals surface area (Å²) in [6.07, 6.45) is 5.87. The Kier molecular flexibility index (Phi) is 10.4. The molecule has 0 unspecified atom stereocenters. The fraction of sp³-hybridized carbons (Fsp3) is 0.433. The number of amides is 3. The van der Waals surface area contributed by atoms with E-state index < -0.39 is 18.1 Å². The zero-order valence-electron chi connectivity index (χ0n) is 22.4. The summed E-state index contributed by atoms with van der Waals surface area (Å²) in [5.41, 5.74) is 3.18. The van der Waals surface area contributed by atoms with Gasteiger partial charge in [-0.2, -0.15) is 0 Å². The first-order valence-corrected chi connectivity index (χ1v) is 13.2. The molecule has 0 spiro atoms. The Bertz CT molecular complexity index is 1090. The highest BCUT2D eigenvalue weighted by atomic mass is 16.2. The third-order valence-corrected chi connectivity index (χ3v) is 7.21.